The summed E-state index contributed by atoms with van der Waals surface area (Å²) in [6.07, 6.45) is 0. The van der Waals surface area contributed by atoms with Gasteiger partial charge in [-0.05, 0) is 73.5 Å². The Morgan fingerprint density at radius 3 is 2.17 bits per heavy atom. The number of sulfonamides is 1. The summed E-state index contributed by atoms with van der Waals surface area (Å²) in [5, 5.41) is 2.77. The molecule has 0 saturated heterocycles. The van der Waals surface area contributed by atoms with Crippen molar-refractivity contribution in [2.75, 3.05) is 23.3 Å². The number of hydrogen-bond donors (Lipinski definition) is 1. The number of methoxy groups -OCH3 is 1. The number of rotatable bonds is 7. The van der Waals surface area contributed by atoms with Gasteiger partial charge in [-0.3, -0.25) is 9.10 Å². The minimum Gasteiger partial charge on any atom is -0.497 e. The van der Waals surface area contributed by atoms with Crippen molar-refractivity contribution in [2.24, 2.45) is 0 Å². The Balaban J connectivity index is 1.95. The van der Waals surface area contributed by atoms with E-state index in [-0.39, 0.29) is 11.4 Å². The van der Waals surface area contributed by atoms with Crippen LogP contribution in [0, 0.1) is 13.8 Å². The third-order valence-electron chi connectivity index (χ3n) is 4.53. The molecule has 0 spiro atoms. The van der Waals surface area contributed by atoms with E-state index in [1.54, 1.807) is 42.5 Å². The lowest BCUT2D eigenvalue weighted by atomic mass is 10.2. The predicted molar refractivity (Wildman–Crippen MR) is 119 cm³/mol. The fraction of sp³-hybridized carbons (Fsp3) is 0.174. The van der Waals surface area contributed by atoms with Crippen molar-refractivity contribution in [3.8, 4) is 5.75 Å². The van der Waals surface area contributed by atoms with E-state index < -0.39 is 15.9 Å². The SMILES string of the molecule is COc1ccc(N(CC(=O)Nc2cccc(C)c2)S(=O)(=O)c2cccc(C)c2)cc1. The Kier molecular flexibility index (Phi) is 6.42. The van der Waals surface area contributed by atoms with Crippen molar-refractivity contribution in [2.45, 2.75) is 18.7 Å². The number of carbonyl (C=O) groups excluding carboxylic acids is 1. The molecule has 156 valence electrons. The number of nitrogens with zero attached hydrogens (tertiary/aromatic N) is 1. The number of ether oxygens (including phenoxy) is 1. The number of aryl methyl sites for hydroxylation is 2. The largest absolute Gasteiger partial charge is 0.497 e. The molecule has 1 N–H and O–H groups in total. The molecule has 0 radical (unpaired) electrons. The molecule has 30 heavy (non-hydrogen) atoms. The molecule has 0 fully saturated rings. The van der Waals surface area contributed by atoms with Crippen molar-refractivity contribution in [3.63, 3.8) is 0 Å². The minimum atomic E-state index is -3.96. The smallest absolute Gasteiger partial charge is 0.264 e. The van der Waals surface area contributed by atoms with Crippen molar-refractivity contribution in [1.29, 1.82) is 0 Å². The molecule has 0 bridgehead atoms. The van der Waals surface area contributed by atoms with Gasteiger partial charge in [-0.15, -0.1) is 0 Å². The zero-order valence-electron chi connectivity index (χ0n) is 17.1. The number of benzene rings is 3. The van der Waals surface area contributed by atoms with Gasteiger partial charge in [0.15, 0.2) is 0 Å². The summed E-state index contributed by atoms with van der Waals surface area (Å²) < 4.78 is 33.1. The molecule has 6 nitrogen and oxygen atoms in total. The standard InChI is InChI=1S/C23H24N2O4S/c1-17-6-4-8-19(14-17)24-23(26)16-25(20-10-12-21(29-3)13-11-20)30(27,28)22-9-5-7-18(2)15-22/h4-15H,16H2,1-3H3,(H,24,26). The van der Waals surface area contributed by atoms with Crippen LogP contribution in [-0.2, 0) is 14.8 Å². The highest BCUT2D eigenvalue weighted by Gasteiger charge is 2.27. The van der Waals surface area contributed by atoms with Crippen LogP contribution in [0.2, 0.25) is 0 Å². The van der Waals surface area contributed by atoms with E-state index in [0.717, 1.165) is 15.4 Å². The van der Waals surface area contributed by atoms with Gasteiger partial charge in [0, 0.05) is 5.69 Å². The molecular weight excluding hydrogens is 400 g/mol. The highest BCUT2D eigenvalue weighted by Crippen LogP contribution is 2.26. The molecule has 0 aliphatic rings. The molecule has 0 aliphatic heterocycles. The van der Waals surface area contributed by atoms with E-state index in [2.05, 4.69) is 5.32 Å². The lowest BCUT2D eigenvalue weighted by Gasteiger charge is -2.24. The second-order valence-electron chi connectivity index (χ2n) is 6.94. The van der Waals surface area contributed by atoms with Crippen LogP contribution in [0.1, 0.15) is 11.1 Å². The molecule has 0 aliphatic carbocycles. The Morgan fingerprint density at radius 1 is 0.933 bits per heavy atom. The molecule has 1 amide bonds. The van der Waals surface area contributed by atoms with Gasteiger partial charge in [0.25, 0.3) is 10.0 Å². The summed E-state index contributed by atoms with van der Waals surface area (Å²) in [4.78, 5) is 12.9. The topological polar surface area (TPSA) is 75.7 Å². The van der Waals surface area contributed by atoms with E-state index in [1.807, 2.05) is 38.1 Å². The normalized spacial score (nSPS) is 11.0. The van der Waals surface area contributed by atoms with Crippen LogP contribution in [-0.4, -0.2) is 28.0 Å². The lowest BCUT2D eigenvalue weighted by molar-refractivity contribution is -0.114. The van der Waals surface area contributed by atoms with E-state index >= 15 is 0 Å². The average Bonchev–Trinajstić information content (AvgIpc) is 2.72. The van der Waals surface area contributed by atoms with Crippen LogP contribution in [0.15, 0.2) is 77.7 Å². The highest BCUT2D eigenvalue weighted by atomic mass is 32.2. The zero-order valence-corrected chi connectivity index (χ0v) is 17.9. The summed E-state index contributed by atoms with van der Waals surface area (Å²) >= 11 is 0. The Labute approximate surface area is 177 Å². The molecular formula is C23H24N2O4S. The van der Waals surface area contributed by atoms with Gasteiger partial charge in [0.2, 0.25) is 5.91 Å². The van der Waals surface area contributed by atoms with Crippen molar-refractivity contribution < 1.29 is 17.9 Å². The number of nitrogens with one attached hydrogen (secondary N) is 1. The van der Waals surface area contributed by atoms with Gasteiger partial charge in [-0.25, -0.2) is 8.42 Å². The molecule has 3 aromatic carbocycles. The number of amides is 1. The van der Waals surface area contributed by atoms with E-state index in [9.17, 15) is 13.2 Å². The lowest BCUT2D eigenvalue weighted by Crippen LogP contribution is -2.38. The van der Waals surface area contributed by atoms with Gasteiger partial charge in [-0.1, -0.05) is 24.3 Å². The van der Waals surface area contributed by atoms with Gasteiger partial charge in [-0.2, -0.15) is 0 Å². The number of carbonyl (C=O) groups is 1. The predicted octanol–water partition coefficient (Wildman–Crippen LogP) is 4.15. The number of hydrogen-bond acceptors (Lipinski definition) is 4. The first kappa shape index (κ1) is 21.4. The zero-order chi connectivity index (χ0) is 21.7. The average molecular weight is 425 g/mol. The first-order chi connectivity index (χ1) is 14.3. The Bertz CT molecular complexity index is 1140. The van der Waals surface area contributed by atoms with Gasteiger partial charge >= 0.3 is 0 Å². The number of anilines is 2. The van der Waals surface area contributed by atoms with E-state index in [4.69, 9.17) is 4.74 Å². The molecule has 0 unspecified atom stereocenters. The maximum atomic E-state index is 13.4. The van der Waals surface area contributed by atoms with Crippen LogP contribution in [0.25, 0.3) is 0 Å². The molecule has 0 aromatic heterocycles. The molecule has 0 saturated carbocycles. The van der Waals surface area contributed by atoms with Crippen molar-refractivity contribution in [3.05, 3.63) is 83.9 Å². The summed E-state index contributed by atoms with van der Waals surface area (Å²) in [6, 6.07) is 20.5. The van der Waals surface area contributed by atoms with Crippen LogP contribution >= 0.6 is 0 Å². The maximum Gasteiger partial charge on any atom is 0.264 e. The monoisotopic (exact) mass is 424 g/mol. The third kappa shape index (κ3) is 4.99. The minimum absolute atomic E-state index is 0.127. The van der Waals surface area contributed by atoms with Crippen molar-refractivity contribution in [1.82, 2.24) is 0 Å². The van der Waals surface area contributed by atoms with Crippen LogP contribution in [0.4, 0.5) is 11.4 Å². The summed E-state index contributed by atoms with van der Waals surface area (Å²) in [7, 11) is -2.43. The molecule has 7 heteroatoms. The van der Waals surface area contributed by atoms with Crippen LogP contribution < -0.4 is 14.4 Å². The van der Waals surface area contributed by atoms with E-state index in [0.29, 0.717) is 17.1 Å². The summed E-state index contributed by atoms with van der Waals surface area (Å²) in [5.74, 6) is 0.156. The quantitative estimate of drug-likeness (QED) is 0.618. The van der Waals surface area contributed by atoms with Crippen molar-refractivity contribution >= 4 is 27.3 Å². The first-order valence-corrected chi connectivity index (χ1v) is 10.8. The van der Waals surface area contributed by atoms with Gasteiger partial charge in [0.05, 0.1) is 17.7 Å². The maximum absolute atomic E-state index is 13.4. The fourth-order valence-electron chi connectivity index (χ4n) is 3.02. The van der Waals surface area contributed by atoms with E-state index in [1.165, 1.54) is 13.2 Å². The van der Waals surface area contributed by atoms with Gasteiger partial charge in [0.1, 0.15) is 12.3 Å². The van der Waals surface area contributed by atoms with Gasteiger partial charge < -0.3 is 10.1 Å². The van der Waals surface area contributed by atoms with Crippen LogP contribution in [0.3, 0.4) is 0 Å². The fourth-order valence-corrected chi connectivity index (χ4v) is 4.55. The Morgan fingerprint density at radius 2 is 1.57 bits per heavy atom. The highest BCUT2D eigenvalue weighted by molar-refractivity contribution is 7.92. The summed E-state index contributed by atoms with van der Waals surface area (Å²) in [6.45, 7) is 3.37. The molecule has 0 atom stereocenters. The second-order valence-corrected chi connectivity index (χ2v) is 8.81. The molecule has 3 aromatic rings. The third-order valence-corrected chi connectivity index (χ3v) is 6.30. The molecule has 0 heterocycles. The first-order valence-electron chi connectivity index (χ1n) is 9.39. The Hall–Kier alpha value is -3.32. The second kappa shape index (κ2) is 9.00. The molecule has 3 rings (SSSR count). The summed E-state index contributed by atoms with van der Waals surface area (Å²) in [5.41, 5.74) is 2.79. The van der Waals surface area contributed by atoms with Crippen LogP contribution in [0.5, 0.6) is 5.75 Å².